The van der Waals surface area contributed by atoms with Gasteiger partial charge in [-0.2, -0.15) is 0 Å². The topological polar surface area (TPSA) is 17.8 Å². The second-order valence-corrected chi connectivity index (χ2v) is 5.98. The summed E-state index contributed by atoms with van der Waals surface area (Å²) in [6.07, 6.45) is 0. The first kappa shape index (κ1) is 12.9. The molecule has 3 rings (SSSR count). The van der Waals surface area contributed by atoms with Gasteiger partial charge in [-0.15, -0.1) is 11.6 Å². The standard InChI is InChI=1S/C15H12ClIN2/c1-10-2-7-13-14(8-10)19(15(9-16)18-13)12-5-3-11(17)4-6-12/h2-8H,9H2,1H3. The molecular weight excluding hydrogens is 371 g/mol. The number of rotatable bonds is 2. The summed E-state index contributed by atoms with van der Waals surface area (Å²) in [4.78, 5) is 4.60. The number of alkyl halides is 1. The molecule has 3 aromatic rings. The first-order chi connectivity index (χ1) is 9.19. The maximum Gasteiger partial charge on any atom is 0.129 e. The van der Waals surface area contributed by atoms with Crippen molar-refractivity contribution in [2.45, 2.75) is 12.8 Å². The number of imidazole rings is 1. The molecule has 0 spiro atoms. The molecule has 0 unspecified atom stereocenters. The van der Waals surface area contributed by atoms with Gasteiger partial charge >= 0.3 is 0 Å². The molecule has 2 nitrogen and oxygen atoms in total. The fraction of sp³-hybridized carbons (Fsp3) is 0.133. The number of benzene rings is 2. The maximum absolute atomic E-state index is 6.04. The Kier molecular flexibility index (Phi) is 3.50. The predicted molar refractivity (Wildman–Crippen MR) is 88.1 cm³/mol. The van der Waals surface area contributed by atoms with Gasteiger partial charge in [0.25, 0.3) is 0 Å². The quantitative estimate of drug-likeness (QED) is 0.465. The van der Waals surface area contributed by atoms with E-state index in [1.54, 1.807) is 0 Å². The zero-order chi connectivity index (χ0) is 13.4. The Hall–Kier alpha value is -1.07. The fourth-order valence-electron chi connectivity index (χ4n) is 2.20. The van der Waals surface area contributed by atoms with Crippen LogP contribution >= 0.6 is 34.2 Å². The highest BCUT2D eigenvalue weighted by molar-refractivity contribution is 14.1. The first-order valence-corrected chi connectivity index (χ1v) is 7.60. The van der Waals surface area contributed by atoms with E-state index in [4.69, 9.17) is 11.6 Å². The first-order valence-electron chi connectivity index (χ1n) is 5.99. The van der Waals surface area contributed by atoms with Crippen molar-refractivity contribution in [3.63, 3.8) is 0 Å². The van der Waals surface area contributed by atoms with E-state index in [1.165, 1.54) is 9.13 Å². The number of fused-ring (bicyclic) bond motifs is 1. The predicted octanol–water partition coefficient (Wildman–Crippen LogP) is 4.68. The minimum Gasteiger partial charge on any atom is -0.295 e. The van der Waals surface area contributed by atoms with Crippen LogP contribution in [-0.4, -0.2) is 9.55 Å². The second kappa shape index (κ2) is 5.13. The lowest BCUT2D eigenvalue weighted by Crippen LogP contribution is -1.99. The van der Waals surface area contributed by atoms with Gasteiger partial charge in [0, 0.05) is 9.26 Å². The molecule has 0 aliphatic heterocycles. The van der Waals surface area contributed by atoms with Gasteiger partial charge in [-0.1, -0.05) is 6.07 Å². The summed E-state index contributed by atoms with van der Waals surface area (Å²) < 4.78 is 3.35. The molecule has 0 saturated carbocycles. The summed E-state index contributed by atoms with van der Waals surface area (Å²) in [5.41, 5.74) is 4.42. The van der Waals surface area contributed by atoms with Crippen LogP contribution in [0, 0.1) is 10.5 Å². The van der Waals surface area contributed by atoms with E-state index >= 15 is 0 Å². The van der Waals surface area contributed by atoms with Gasteiger partial charge in [-0.25, -0.2) is 4.98 Å². The van der Waals surface area contributed by atoms with Gasteiger partial charge in [0.15, 0.2) is 0 Å². The molecule has 2 aromatic carbocycles. The van der Waals surface area contributed by atoms with Crippen molar-refractivity contribution in [1.82, 2.24) is 9.55 Å². The molecule has 96 valence electrons. The van der Waals surface area contributed by atoms with Crippen LogP contribution in [0.5, 0.6) is 0 Å². The van der Waals surface area contributed by atoms with Gasteiger partial charge in [0.2, 0.25) is 0 Å². The summed E-state index contributed by atoms with van der Waals surface area (Å²) in [5.74, 6) is 1.28. The van der Waals surface area contributed by atoms with Crippen molar-refractivity contribution in [3.05, 3.63) is 57.4 Å². The number of aromatic nitrogens is 2. The van der Waals surface area contributed by atoms with Gasteiger partial charge in [-0.05, 0) is 71.5 Å². The summed E-state index contributed by atoms with van der Waals surface area (Å²) in [6, 6.07) is 14.7. The Labute approximate surface area is 130 Å². The second-order valence-electron chi connectivity index (χ2n) is 4.47. The molecule has 0 saturated heterocycles. The van der Waals surface area contributed by atoms with Crippen LogP contribution in [0.25, 0.3) is 16.7 Å². The molecule has 0 atom stereocenters. The Morgan fingerprint density at radius 1 is 1.16 bits per heavy atom. The summed E-state index contributed by atoms with van der Waals surface area (Å²) in [6.45, 7) is 2.09. The molecular formula is C15H12ClIN2. The molecule has 0 N–H and O–H groups in total. The third-order valence-electron chi connectivity index (χ3n) is 3.08. The molecule has 0 aliphatic carbocycles. The highest BCUT2D eigenvalue weighted by Gasteiger charge is 2.11. The van der Waals surface area contributed by atoms with Crippen LogP contribution in [0.3, 0.4) is 0 Å². The summed E-state index contributed by atoms with van der Waals surface area (Å²) >= 11 is 8.34. The molecule has 4 heteroatoms. The van der Waals surface area contributed by atoms with Crippen LogP contribution in [0.2, 0.25) is 0 Å². The lowest BCUT2D eigenvalue weighted by atomic mass is 10.2. The molecule has 19 heavy (non-hydrogen) atoms. The number of halogens is 2. The molecule has 0 bridgehead atoms. The highest BCUT2D eigenvalue weighted by Crippen LogP contribution is 2.24. The van der Waals surface area contributed by atoms with Crippen molar-refractivity contribution in [2.24, 2.45) is 0 Å². The van der Waals surface area contributed by atoms with Gasteiger partial charge in [0.05, 0.1) is 16.9 Å². The highest BCUT2D eigenvalue weighted by atomic mass is 127. The largest absolute Gasteiger partial charge is 0.295 e. The number of nitrogens with zero attached hydrogens (tertiary/aromatic N) is 2. The van der Waals surface area contributed by atoms with E-state index in [2.05, 4.69) is 75.5 Å². The molecule has 1 heterocycles. The van der Waals surface area contributed by atoms with E-state index in [0.717, 1.165) is 22.5 Å². The van der Waals surface area contributed by atoms with Crippen LogP contribution in [0.15, 0.2) is 42.5 Å². The van der Waals surface area contributed by atoms with E-state index in [0.29, 0.717) is 5.88 Å². The van der Waals surface area contributed by atoms with Crippen molar-refractivity contribution in [1.29, 1.82) is 0 Å². The van der Waals surface area contributed by atoms with Gasteiger partial charge in [-0.3, -0.25) is 4.57 Å². The third kappa shape index (κ3) is 2.37. The van der Waals surface area contributed by atoms with Crippen LogP contribution in [0.1, 0.15) is 11.4 Å². The smallest absolute Gasteiger partial charge is 0.129 e. The average Bonchev–Trinajstić information content (AvgIpc) is 2.77. The van der Waals surface area contributed by atoms with E-state index in [-0.39, 0.29) is 0 Å². The van der Waals surface area contributed by atoms with Crippen molar-refractivity contribution >= 4 is 45.2 Å². The lowest BCUT2D eigenvalue weighted by molar-refractivity contribution is 0.981. The number of aryl methyl sites for hydroxylation is 1. The van der Waals surface area contributed by atoms with Gasteiger partial charge < -0.3 is 0 Å². The van der Waals surface area contributed by atoms with Crippen LogP contribution < -0.4 is 0 Å². The Balaban J connectivity index is 2.31. The zero-order valence-electron chi connectivity index (χ0n) is 10.4. The molecule has 0 fully saturated rings. The Morgan fingerprint density at radius 3 is 2.58 bits per heavy atom. The number of hydrogen-bond donors (Lipinski definition) is 0. The van der Waals surface area contributed by atoms with Crippen molar-refractivity contribution in [2.75, 3.05) is 0 Å². The van der Waals surface area contributed by atoms with Crippen molar-refractivity contribution in [3.8, 4) is 5.69 Å². The SMILES string of the molecule is Cc1ccc2nc(CCl)n(-c3ccc(I)cc3)c2c1. The number of hydrogen-bond acceptors (Lipinski definition) is 1. The minimum absolute atomic E-state index is 0.402. The zero-order valence-corrected chi connectivity index (χ0v) is 13.3. The molecule has 0 radical (unpaired) electrons. The summed E-state index contributed by atoms with van der Waals surface area (Å²) in [5, 5.41) is 0. The van der Waals surface area contributed by atoms with E-state index in [9.17, 15) is 0 Å². The van der Waals surface area contributed by atoms with Crippen molar-refractivity contribution < 1.29 is 0 Å². The Bertz CT molecular complexity index is 732. The van der Waals surface area contributed by atoms with E-state index < -0.39 is 0 Å². The average molecular weight is 383 g/mol. The third-order valence-corrected chi connectivity index (χ3v) is 4.04. The molecule has 0 aliphatic rings. The van der Waals surface area contributed by atoms with Gasteiger partial charge in [0.1, 0.15) is 5.82 Å². The lowest BCUT2D eigenvalue weighted by Gasteiger charge is -2.08. The Morgan fingerprint density at radius 2 is 1.89 bits per heavy atom. The van der Waals surface area contributed by atoms with Crippen LogP contribution in [0.4, 0.5) is 0 Å². The van der Waals surface area contributed by atoms with Crippen LogP contribution in [-0.2, 0) is 5.88 Å². The normalized spacial score (nSPS) is 11.1. The maximum atomic E-state index is 6.04. The van der Waals surface area contributed by atoms with E-state index in [1.807, 2.05) is 6.07 Å². The fourth-order valence-corrected chi connectivity index (χ4v) is 2.74. The monoisotopic (exact) mass is 382 g/mol. The minimum atomic E-state index is 0.402. The molecule has 0 amide bonds. The molecule has 1 aromatic heterocycles. The summed E-state index contributed by atoms with van der Waals surface area (Å²) in [7, 11) is 0.